The number of carbonyl (C=O) groups excluding carboxylic acids is 5. The molecule has 3 saturated heterocycles. The van der Waals surface area contributed by atoms with Gasteiger partial charge in [0.25, 0.3) is 11.7 Å². The summed E-state index contributed by atoms with van der Waals surface area (Å²) >= 11 is 0. The van der Waals surface area contributed by atoms with Crippen molar-refractivity contribution in [2.24, 2.45) is 41.4 Å². The van der Waals surface area contributed by atoms with Crippen LogP contribution in [0.15, 0.2) is 47.6 Å². The van der Waals surface area contributed by atoms with Gasteiger partial charge in [-0.15, -0.1) is 0 Å². The molecule has 4 aliphatic heterocycles. The molecule has 5 aliphatic rings. The van der Waals surface area contributed by atoms with Crippen LogP contribution in [0.2, 0.25) is 0 Å². The summed E-state index contributed by atoms with van der Waals surface area (Å²) in [6.07, 6.45) is 12.9. The van der Waals surface area contributed by atoms with E-state index in [2.05, 4.69) is 5.32 Å². The molecule has 1 saturated carbocycles. The Morgan fingerprint density at radius 3 is 2.29 bits per heavy atom. The number of hydrogen-bond donors (Lipinski definition) is 3. The van der Waals surface area contributed by atoms with Crippen LogP contribution >= 0.6 is 0 Å². The van der Waals surface area contributed by atoms with Gasteiger partial charge in [-0.3, -0.25) is 19.2 Å². The number of Topliss-reactive ketones (excluding diaryl/α,β-unsaturated/α-hetero) is 3. The van der Waals surface area contributed by atoms with Crippen LogP contribution in [-0.2, 0) is 47.7 Å². The molecule has 65 heavy (non-hydrogen) atoms. The summed E-state index contributed by atoms with van der Waals surface area (Å²) in [5, 5.41) is 26.9. The van der Waals surface area contributed by atoms with Gasteiger partial charge in [0, 0.05) is 70.4 Å². The number of methoxy groups -OCH3 is 3. The number of aliphatic hydroxyl groups excluding tert-OH is 1. The molecule has 0 spiro atoms. The summed E-state index contributed by atoms with van der Waals surface area (Å²) in [6.45, 7) is 11.0. The van der Waals surface area contributed by atoms with Crippen molar-refractivity contribution in [3.8, 4) is 0 Å². The summed E-state index contributed by atoms with van der Waals surface area (Å²) in [5.74, 6) is -8.00. The van der Waals surface area contributed by atoms with Crippen molar-refractivity contribution in [1.29, 1.82) is 0 Å². The molecule has 3 N–H and O–H groups in total. The van der Waals surface area contributed by atoms with Crippen LogP contribution < -0.4 is 5.32 Å². The van der Waals surface area contributed by atoms with Gasteiger partial charge >= 0.3 is 5.97 Å². The number of nitrogens with one attached hydrogen (secondary N) is 1. The van der Waals surface area contributed by atoms with E-state index in [0.717, 1.165) is 24.8 Å². The molecule has 1 amide bonds. The maximum atomic E-state index is 14.5. The van der Waals surface area contributed by atoms with Crippen LogP contribution in [-0.4, -0.2) is 134 Å². The van der Waals surface area contributed by atoms with E-state index < -0.39 is 83.7 Å². The zero-order chi connectivity index (χ0) is 47.7. The van der Waals surface area contributed by atoms with Crippen molar-refractivity contribution < 1.29 is 57.9 Å². The van der Waals surface area contributed by atoms with E-state index >= 15 is 0 Å². The summed E-state index contributed by atoms with van der Waals surface area (Å²) < 4.78 is 29.8. The minimum atomic E-state index is -2.42. The number of aliphatic hydroxyl groups is 2. The molecule has 0 aromatic rings. The second-order valence-electron chi connectivity index (χ2n) is 19.8. The smallest absolute Gasteiger partial charge is 0.329 e. The number of rotatable bonds is 6. The number of allylic oxidation sites excluding steroid dienone is 6. The maximum Gasteiger partial charge on any atom is 0.329 e. The second kappa shape index (κ2) is 23.6. The number of ether oxygens (including phenoxy) is 5. The van der Waals surface area contributed by atoms with Gasteiger partial charge in [0.2, 0.25) is 5.79 Å². The van der Waals surface area contributed by atoms with E-state index in [-0.39, 0.29) is 54.4 Å². The Labute approximate surface area is 386 Å². The van der Waals surface area contributed by atoms with Crippen molar-refractivity contribution in [2.45, 2.75) is 167 Å². The quantitative estimate of drug-likeness (QED) is 0.169. The molecule has 14 heteroatoms. The van der Waals surface area contributed by atoms with Gasteiger partial charge in [0.05, 0.1) is 18.3 Å². The highest BCUT2D eigenvalue weighted by Gasteiger charge is 2.57. The lowest BCUT2D eigenvalue weighted by atomic mass is 9.67. The Morgan fingerprint density at radius 2 is 1.62 bits per heavy atom. The van der Waals surface area contributed by atoms with Crippen LogP contribution in [0.4, 0.5) is 0 Å². The number of fused-ring (bicyclic) bond motifs is 3. The number of hydrogen-bond acceptors (Lipinski definition) is 13. The molecule has 1 aliphatic carbocycles. The number of esters is 1. The summed E-state index contributed by atoms with van der Waals surface area (Å²) in [4.78, 5) is 72.3. The van der Waals surface area contributed by atoms with Crippen LogP contribution in [0.25, 0.3) is 0 Å². The van der Waals surface area contributed by atoms with Crippen molar-refractivity contribution in [1.82, 2.24) is 10.2 Å². The first-order valence-electron chi connectivity index (χ1n) is 24.0. The number of likely N-dealkylation sites (N-methyl/N-ethyl adjacent to an activating group) is 1. The zero-order valence-corrected chi connectivity index (χ0v) is 40.5. The normalized spacial score (nSPS) is 42.7. The molecule has 0 radical (unpaired) electrons. The Morgan fingerprint density at radius 1 is 0.877 bits per heavy atom. The Bertz CT molecular complexity index is 1810. The maximum absolute atomic E-state index is 14.5. The molecule has 364 valence electrons. The SMILES string of the molecule is CNC1CC[C@@H](CC2[C@@H]3CC(=O)[C@H](C)/C=C(\C)[C@@H](O)[C@@H](OC)C(=O)[C@H](C)C[C@H](C)/C=C/C=C/C=C(\C)[C@@H](OC)C[C@@H]4CC[C@@H](C)[C@@](O)(O4)C(=O)C(=O)N4CCC[C@H]2[C@H]4C(=O)O3)C[C@H]1OC. The monoisotopic (exact) mass is 911 g/mol. The van der Waals surface area contributed by atoms with Gasteiger partial charge < -0.3 is 44.1 Å². The molecule has 2 unspecified atom stereocenters. The van der Waals surface area contributed by atoms with Gasteiger partial charge in [0.1, 0.15) is 30.1 Å². The lowest BCUT2D eigenvalue weighted by molar-refractivity contribution is -0.266. The third kappa shape index (κ3) is 12.4. The fourth-order valence-electron chi connectivity index (χ4n) is 11.3. The number of nitrogens with zero attached hydrogens (tertiary/aromatic N) is 1. The standard InChI is InChI=1S/C51H78N2O12/c1-29-15-12-11-13-16-30(2)41(61-8)27-36-20-18-34(6)51(60,65-36)48(57)49(58)53-22-14-17-37-38(25-35-19-21-39(52-7)43(26-35)62-9)42(64-50(59)44(37)53)28-40(54)31(3)24-33(5)46(56)47(63-10)45(55)32(4)23-29/h11-13,15-16,24,29,31-32,34-39,41-44,46-47,52,56,60H,14,17-23,25-28H2,1-10H3/b13-11+,15-12+,30-16+,33-24+/t29-,31-,32-,34-,35+,36+,37-,38?,39?,41+,42+,43-,44+,46-,47+,51-/m1/s1. The molecule has 5 rings (SSSR count). The molecule has 4 fully saturated rings. The predicted octanol–water partition coefficient (Wildman–Crippen LogP) is 5.63. The van der Waals surface area contributed by atoms with E-state index in [1.807, 2.05) is 58.2 Å². The average Bonchev–Trinajstić information content (AvgIpc) is 3.29. The first-order chi connectivity index (χ1) is 30.9. The molecule has 6 bridgehead atoms. The molecule has 0 aromatic carbocycles. The molecule has 0 aromatic heterocycles. The van der Waals surface area contributed by atoms with Crippen molar-refractivity contribution >= 4 is 29.2 Å². The number of ketones is 3. The number of piperidine rings is 1. The van der Waals surface area contributed by atoms with Crippen LogP contribution in [0.3, 0.4) is 0 Å². The van der Waals surface area contributed by atoms with Crippen molar-refractivity contribution in [3.05, 3.63) is 47.6 Å². The van der Waals surface area contributed by atoms with Gasteiger partial charge in [0.15, 0.2) is 5.78 Å². The molecule has 14 nitrogen and oxygen atoms in total. The lowest BCUT2D eigenvalue weighted by Crippen LogP contribution is -2.65. The molecular weight excluding hydrogens is 833 g/mol. The molecule has 16 atom stereocenters. The highest BCUT2D eigenvalue weighted by molar-refractivity contribution is 6.39. The summed E-state index contributed by atoms with van der Waals surface area (Å²) in [6, 6.07) is -0.902. The Kier molecular flexibility index (Phi) is 19.1. The minimum absolute atomic E-state index is 0.0312. The highest BCUT2D eigenvalue weighted by Crippen LogP contribution is 2.45. The summed E-state index contributed by atoms with van der Waals surface area (Å²) in [5.41, 5.74) is 1.31. The van der Waals surface area contributed by atoms with Crippen molar-refractivity contribution in [3.63, 3.8) is 0 Å². The third-order valence-corrected chi connectivity index (χ3v) is 15.3. The third-order valence-electron chi connectivity index (χ3n) is 15.3. The van der Waals surface area contributed by atoms with Gasteiger partial charge in [-0.2, -0.15) is 0 Å². The zero-order valence-electron chi connectivity index (χ0n) is 40.5. The van der Waals surface area contributed by atoms with Crippen molar-refractivity contribution in [2.75, 3.05) is 34.9 Å². The Hall–Kier alpha value is -3.37. The fourth-order valence-corrected chi connectivity index (χ4v) is 11.3. The average molecular weight is 911 g/mol. The van der Waals surface area contributed by atoms with E-state index in [1.165, 1.54) is 12.0 Å². The largest absolute Gasteiger partial charge is 0.460 e. The lowest BCUT2D eigenvalue weighted by Gasteiger charge is -2.50. The Balaban J connectivity index is 1.51. The minimum Gasteiger partial charge on any atom is -0.460 e. The number of carbonyl (C=O) groups is 5. The van der Waals surface area contributed by atoms with Gasteiger partial charge in [-0.05, 0) is 108 Å². The summed E-state index contributed by atoms with van der Waals surface area (Å²) in [7, 11) is 6.61. The van der Waals surface area contributed by atoms with Crippen LogP contribution in [0, 0.1) is 41.4 Å². The van der Waals surface area contributed by atoms with Crippen LogP contribution in [0.1, 0.15) is 112 Å². The first-order valence-corrected chi connectivity index (χ1v) is 24.0. The molecule has 4 heterocycles. The van der Waals surface area contributed by atoms with E-state index in [0.29, 0.717) is 50.5 Å². The second-order valence-corrected chi connectivity index (χ2v) is 19.8. The van der Waals surface area contributed by atoms with E-state index in [4.69, 9.17) is 23.7 Å². The topological polar surface area (TPSA) is 187 Å². The van der Waals surface area contributed by atoms with E-state index in [9.17, 15) is 34.2 Å². The fraction of sp³-hybridized carbons (Fsp3) is 0.745. The van der Waals surface area contributed by atoms with Gasteiger partial charge in [-0.1, -0.05) is 64.2 Å². The van der Waals surface area contributed by atoms with Gasteiger partial charge in [-0.25, -0.2) is 4.79 Å². The predicted molar refractivity (Wildman–Crippen MR) is 245 cm³/mol. The van der Waals surface area contributed by atoms with E-state index in [1.54, 1.807) is 41.1 Å². The molecular formula is C51H78N2O12. The first kappa shape index (κ1) is 52.6. The highest BCUT2D eigenvalue weighted by atomic mass is 16.6. The number of amides is 1. The van der Waals surface area contributed by atoms with Crippen LogP contribution in [0.5, 0.6) is 0 Å².